The Balaban J connectivity index is 1.14. The minimum atomic E-state index is -0.140. The molecule has 0 fully saturated rings. The summed E-state index contributed by atoms with van der Waals surface area (Å²) >= 11 is 0. The summed E-state index contributed by atoms with van der Waals surface area (Å²) in [6.07, 6.45) is 18.9. The van der Waals surface area contributed by atoms with Crippen LogP contribution in [0, 0.1) is 0 Å². The molecule has 5 aliphatic rings. The van der Waals surface area contributed by atoms with Gasteiger partial charge in [-0.15, -0.1) is 0 Å². The van der Waals surface area contributed by atoms with Gasteiger partial charge in [0.25, 0.3) is 0 Å². The molecule has 10 nitrogen and oxygen atoms in total. The van der Waals surface area contributed by atoms with E-state index < -0.39 is 0 Å². The first-order chi connectivity index (χ1) is 45.0. The van der Waals surface area contributed by atoms with E-state index in [0.29, 0.717) is 13.2 Å². The van der Waals surface area contributed by atoms with Crippen LogP contribution in [0.5, 0.6) is 11.5 Å². The molecule has 4 N–H and O–H groups in total. The van der Waals surface area contributed by atoms with Gasteiger partial charge < -0.3 is 29.4 Å². The van der Waals surface area contributed by atoms with Gasteiger partial charge in [0.05, 0.1) is 58.8 Å². The Kier molecular flexibility index (Phi) is 14.5. The number of H-pyrrole nitrogens is 4. The lowest BCUT2D eigenvalue weighted by molar-refractivity contribution is 0.266. The van der Waals surface area contributed by atoms with Crippen molar-refractivity contribution in [3.63, 3.8) is 0 Å². The minimum absolute atomic E-state index is 0.140. The van der Waals surface area contributed by atoms with Crippen LogP contribution in [0.15, 0.2) is 146 Å². The van der Waals surface area contributed by atoms with Gasteiger partial charge in [-0.3, -0.25) is 0 Å². The first-order valence-electron chi connectivity index (χ1n) is 33.1. The van der Waals surface area contributed by atoms with Crippen molar-refractivity contribution in [1.29, 1.82) is 0 Å². The zero-order chi connectivity index (χ0) is 65.0. The SMILES string of the molecule is CC(C)(C)c1cc(-c2c3nc(c4c5ccc([nH]5)c(c5nc(cc6ccc2[nH]6)C=C5)-c2cccc(c2)OCCCCOc2cccc(c2)-c2c5nc(cc6ccc([nH]6)c(-c6cc(C(C)(C)C)cc(C(C)(C)C)c6)c6nc(c-4c4ccc2[nH]4)C=C6)C=C5)C=C3)cc(C(C)(C)C)c1. The van der Waals surface area contributed by atoms with E-state index in [1.165, 1.54) is 22.3 Å². The van der Waals surface area contributed by atoms with E-state index >= 15 is 0 Å². The second-order valence-electron chi connectivity index (χ2n) is 29.8. The third-order valence-corrected chi connectivity index (χ3v) is 18.6. The lowest BCUT2D eigenvalue weighted by Crippen LogP contribution is -2.16. The normalized spacial score (nSPS) is 14.0. The zero-order valence-corrected chi connectivity index (χ0v) is 55.9. The van der Waals surface area contributed by atoms with Crippen molar-refractivity contribution in [2.24, 2.45) is 0 Å². The van der Waals surface area contributed by atoms with Crippen LogP contribution in [-0.4, -0.2) is 53.1 Å². The van der Waals surface area contributed by atoms with Gasteiger partial charge in [0.1, 0.15) is 11.5 Å². The van der Waals surface area contributed by atoms with Gasteiger partial charge in [0, 0.05) is 77.5 Å². The molecule has 468 valence electrons. The quantitative estimate of drug-likeness (QED) is 0.136. The Labute approximate surface area is 550 Å². The lowest BCUT2D eigenvalue weighted by Gasteiger charge is -2.26. The fourth-order valence-corrected chi connectivity index (χ4v) is 13.4. The van der Waals surface area contributed by atoms with Gasteiger partial charge in [-0.1, -0.05) is 144 Å². The highest BCUT2D eigenvalue weighted by Gasteiger charge is 2.28. The van der Waals surface area contributed by atoms with Gasteiger partial charge in [-0.25, -0.2) is 19.9 Å². The molecule has 24 bridgehead atoms. The number of nitrogens with one attached hydrogen (secondary N) is 4. The molecule has 0 aliphatic carbocycles. The molecule has 0 saturated heterocycles. The standard InChI is InChI=1S/C84H80N8O2/c1-81(2,3)53-39-51(40-54(45-53)82(4,5)6)77-65-27-23-59(87-65)47-57-21-25-63(85-57)75-49-17-15-19-61(43-49)93-37-13-14-38-94-62-20-16-18-50(44-62)76-64-26-22-58(86-64)48-60-24-28-66(88-60)78(52-41-55(83(7,8)9)46-56(42-52)84(10,11)12)70-32-36-74(92-70)80(72-34-30-68(76)90-72)79(71-33-29-67(75)89-71)73-35-31-69(77)91-73/h15-36,39-48,87-90H,13-14,37-38H2,1-12H3. The van der Waals surface area contributed by atoms with E-state index in [0.717, 1.165) is 170 Å². The summed E-state index contributed by atoms with van der Waals surface area (Å²) in [4.78, 5) is 38.6. The number of benzene rings is 4. The van der Waals surface area contributed by atoms with E-state index in [1.54, 1.807) is 0 Å². The molecule has 6 aromatic heterocycles. The molecule has 94 heavy (non-hydrogen) atoms. The number of fused-ring (bicyclic) bond motifs is 23. The summed E-state index contributed by atoms with van der Waals surface area (Å²) in [5, 5.41) is 0. The average molecular weight is 1230 g/mol. The molecule has 0 unspecified atom stereocenters. The van der Waals surface area contributed by atoms with Crippen molar-refractivity contribution in [3.8, 4) is 67.1 Å². The molecule has 5 aliphatic heterocycles. The van der Waals surface area contributed by atoms with Gasteiger partial charge in [0.15, 0.2) is 0 Å². The predicted octanol–water partition coefficient (Wildman–Crippen LogP) is 21.7. The minimum Gasteiger partial charge on any atom is -0.494 e. The molecule has 15 rings (SSSR count). The summed E-state index contributed by atoms with van der Waals surface area (Å²) in [7, 11) is 0. The van der Waals surface area contributed by atoms with Crippen LogP contribution in [0.2, 0.25) is 0 Å². The van der Waals surface area contributed by atoms with Gasteiger partial charge in [-0.2, -0.15) is 0 Å². The van der Waals surface area contributed by atoms with Crippen LogP contribution in [0.25, 0.3) is 148 Å². The summed E-state index contributed by atoms with van der Waals surface area (Å²) in [6.45, 7) is 28.6. The largest absolute Gasteiger partial charge is 0.494 e. The van der Waals surface area contributed by atoms with Crippen molar-refractivity contribution in [2.45, 2.75) is 118 Å². The highest BCUT2D eigenvalue weighted by molar-refractivity contribution is 6.05. The van der Waals surface area contributed by atoms with E-state index in [2.05, 4.69) is 285 Å². The van der Waals surface area contributed by atoms with Crippen LogP contribution in [0.3, 0.4) is 0 Å². The number of ether oxygens (including phenoxy) is 2. The van der Waals surface area contributed by atoms with Gasteiger partial charge in [-0.05, 0) is 213 Å². The Morgan fingerprint density at radius 2 is 0.596 bits per heavy atom. The Hall–Kier alpha value is -10.3. The molecular formula is C84H80N8O2. The van der Waals surface area contributed by atoms with Crippen molar-refractivity contribution in [2.75, 3.05) is 13.2 Å². The molecule has 0 spiro atoms. The second-order valence-corrected chi connectivity index (χ2v) is 29.8. The van der Waals surface area contributed by atoms with Crippen molar-refractivity contribution in [3.05, 3.63) is 213 Å². The van der Waals surface area contributed by atoms with Gasteiger partial charge in [0.2, 0.25) is 0 Å². The number of hydrogen-bond donors (Lipinski definition) is 4. The lowest BCUT2D eigenvalue weighted by atomic mass is 9.78. The highest BCUT2D eigenvalue weighted by Crippen LogP contribution is 2.45. The number of rotatable bonds is 2. The number of nitrogens with zero attached hydrogens (tertiary/aromatic N) is 4. The Morgan fingerprint density at radius 3 is 0.968 bits per heavy atom. The zero-order valence-electron chi connectivity index (χ0n) is 55.9. The molecule has 0 atom stereocenters. The maximum atomic E-state index is 6.57. The van der Waals surface area contributed by atoms with Crippen LogP contribution in [0.4, 0.5) is 0 Å². The summed E-state index contributed by atoms with van der Waals surface area (Å²) in [5.74, 6) is 1.56. The fourth-order valence-electron chi connectivity index (χ4n) is 13.4. The smallest absolute Gasteiger partial charge is 0.119 e. The Bertz CT molecular complexity index is 4860. The van der Waals surface area contributed by atoms with E-state index in [-0.39, 0.29) is 21.7 Å². The number of aromatic nitrogens is 8. The molecule has 10 heteroatoms. The maximum Gasteiger partial charge on any atom is 0.119 e. The first kappa shape index (κ1) is 60.0. The molecule has 10 aromatic rings. The maximum absolute atomic E-state index is 6.57. The van der Waals surface area contributed by atoms with E-state index in [9.17, 15) is 0 Å². The number of hydrogen-bond acceptors (Lipinski definition) is 6. The summed E-state index contributed by atoms with van der Waals surface area (Å²) in [5.41, 5.74) is 27.8. The van der Waals surface area contributed by atoms with Crippen LogP contribution >= 0.6 is 0 Å². The molecule has 0 saturated carbocycles. The second kappa shape index (κ2) is 22.8. The van der Waals surface area contributed by atoms with Crippen LogP contribution in [-0.2, 0) is 21.7 Å². The molecule has 0 radical (unpaired) electrons. The fraction of sp³-hybridized carbons (Fsp3) is 0.238. The third kappa shape index (κ3) is 11.5. The van der Waals surface area contributed by atoms with Crippen molar-refractivity contribution < 1.29 is 9.47 Å². The topological polar surface area (TPSA) is 133 Å². The number of aromatic amines is 4. The molecule has 4 aromatic carbocycles. The molecular weight excluding hydrogens is 1150 g/mol. The summed E-state index contributed by atoms with van der Waals surface area (Å²) in [6, 6.07) is 52.7. The van der Waals surface area contributed by atoms with E-state index in [4.69, 9.17) is 29.4 Å². The molecule has 11 heterocycles. The van der Waals surface area contributed by atoms with E-state index in [1.807, 2.05) is 12.1 Å². The Morgan fingerprint density at radius 1 is 0.287 bits per heavy atom. The van der Waals surface area contributed by atoms with Crippen molar-refractivity contribution in [1.82, 2.24) is 39.9 Å². The molecule has 0 amide bonds. The third-order valence-electron chi connectivity index (χ3n) is 18.6. The van der Waals surface area contributed by atoms with Crippen LogP contribution < -0.4 is 9.47 Å². The average Bonchev–Trinajstić information content (AvgIpc) is 1.55. The monoisotopic (exact) mass is 1230 g/mol. The predicted molar refractivity (Wildman–Crippen MR) is 393 cm³/mol. The first-order valence-corrected chi connectivity index (χ1v) is 33.1. The van der Waals surface area contributed by atoms with Gasteiger partial charge >= 0.3 is 0 Å². The van der Waals surface area contributed by atoms with Crippen LogP contribution in [0.1, 0.15) is 164 Å². The van der Waals surface area contributed by atoms with Crippen molar-refractivity contribution >= 4 is 92.7 Å². The highest BCUT2D eigenvalue weighted by atomic mass is 16.5. The summed E-state index contributed by atoms with van der Waals surface area (Å²) < 4.78 is 13.1.